The number of hydrogen-bond acceptors (Lipinski definition) is 3. The maximum atomic E-state index is 8.79. The van der Waals surface area contributed by atoms with Crippen molar-refractivity contribution < 1.29 is 5.11 Å². The van der Waals surface area contributed by atoms with E-state index in [1.54, 1.807) is 17.5 Å². The molecule has 0 aromatic carbocycles. The van der Waals surface area contributed by atoms with Crippen LogP contribution in [0.1, 0.15) is 29.1 Å². The van der Waals surface area contributed by atoms with Gasteiger partial charge in [-0.05, 0) is 12.3 Å². The summed E-state index contributed by atoms with van der Waals surface area (Å²) in [6.45, 7) is 2.38. The first kappa shape index (κ1) is 7.25. The predicted molar refractivity (Wildman–Crippen MR) is 44.6 cm³/mol. The molecule has 1 aromatic rings. The van der Waals surface area contributed by atoms with Crippen LogP contribution in [0.4, 0.5) is 0 Å². The average Bonchev–Trinajstić information content (AvgIpc) is 2.59. The van der Waals surface area contributed by atoms with Crippen LogP contribution in [0.25, 0.3) is 0 Å². The molecule has 1 aliphatic rings. The van der Waals surface area contributed by atoms with Gasteiger partial charge in [-0.25, -0.2) is 4.98 Å². The summed E-state index contributed by atoms with van der Waals surface area (Å²) in [6.07, 6.45) is 3.06. The number of rotatable bonds is 2. The van der Waals surface area contributed by atoms with Crippen LogP contribution in [-0.4, -0.2) is 10.1 Å². The third-order valence-electron chi connectivity index (χ3n) is 2.15. The summed E-state index contributed by atoms with van der Waals surface area (Å²) in [6, 6.07) is 0. The largest absolute Gasteiger partial charge is 0.391 e. The van der Waals surface area contributed by atoms with Gasteiger partial charge < -0.3 is 5.11 Å². The molecule has 2 atom stereocenters. The lowest BCUT2D eigenvalue weighted by atomic mass is 10.4. The van der Waals surface area contributed by atoms with E-state index in [0.29, 0.717) is 5.92 Å². The Labute approximate surface area is 69.9 Å². The smallest absolute Gasteiger partial charge is 0.0962 e. The lowest BCUT2D eigenvalue weighted by Crippen LogP contribution is -1.75. The Morgan fingerprint density at radius 1 is 1.82 bits per heavy atom. The van der Waals surface area contributed by atoms with Crippen molar-refractivity contribution in [1.82, 2.24) is 4.98 Å². The molecule has 3 heteroatoms. The summed E-state index contributed by atoms with van der Waals surface area (Å²) in [4.78, 5) is 5.24. The normalized spacial score (nSPS) is 28.9. The molecule has 0 aliphatic heterocycles. The highest BCUT2D eigenvalue weighted by Crippen LogP contribution is 2.47. The van der Waals surface area contributed by atoms with Crippen molar-refractivity contribution in [1.29, 1.82) is 0 Å². The standard InChI is InChI=1S/C8H11NOS/c1-5-2-7(5)8-9-3-6(4-10)11-8/h3,5,7,10H,2,4H2,1H3. The van der Waals surface area contributed by atoms with Crippen molar-refractivity contribution in [2.45, 2.75) is 25.9 Å². The van der Waals surface area contributed by atoms with Crippen LogP contribution in [0.2, 0.25) is 0 Å². The second-order valence-corrected chi connectivity index (χ2v) is 4.29. The number of nitrogens with zero attached hydrogens (tertiary/aromatic N) is 1. The van der Waals surface area contributed by atoms with Crippen LogP contribution in [0.15, 0.2) is 6.20 Å². The molecular formula is C8H11NOS. The highest BCUT2D eigenvalue weighted by molar-refractivity contribution is 7.11. The molecular weight excluding hydrogens is 158 g/mol. The topological polar surface area (TPSA) is 33.1 Å². The summed E-state index contributed by atoms with van der Waals surface area (Å²) in [5.41, 5.74) is 0. The van der Waals surface area contributed by atoms with E-state index in [1.165, 1.54) is 11.4 Å². The Balaban J connectivity index is 2.13. The molecule has 1 aromatic heterocycles. The first-order valence-corrected chi connectivity index (χ1v) is 4.68. The zero-order valence-electron chi connectivity index (χ0n) is 6.45. The maximum absolute atomic E-state index is 8.79. The van der Waals surface area contributed by atoms with E-state index < -0.39 is 0 Å². The maximum Gasteiger partial charge on any atom is 0.0962 e. The highest BCUT2D eigenvalue weighted by atomic mass is 32.1. The van der Waals surface area contributed by atoms with Gasteiger partial charge in [-0.15, -0.1) is 11.3 Å². The van der Waals surface area contributed by atoms with Gasteiger partial charge in [0.05, 0.1) is 16.5 Å². The van der Waals surface area contributed by atoms with Crippen LogP contribution < -0.4 is 0 Å². The fourth-order valence-corrected chi connectivity index (χ4v) is 2.26. The Morgan fingerprint density at radius 2 is 2.55 bits per heavy atom. The van der Waals surface area contributed by atoms with Crippen LogP contribution in [0, 0.1) is 5.92 Å². The second-order valence-electron chi connectivity index (χ2n) is 3.14. The van der Waals surface area contributed by atoms with Gasteiger partial charge in [-0.3, -0.25) is 0 Å². The zero-order valence-corrected chi connectivity index (χ0v) is 7.27. The van der Waals surface area contributed by atoms with Crippen molar-refractivity contribution >= 4 is 11.3 Å². The summed E-state index contributed by atoms with van der Waals surface area (Å²) in [7, 11) is 0. The SMILES string of the molecule is CC1CC1c1ncc(CO)s1. The van der Waals surface area contributed by atoms with Crippen molar-refractivity contribution in [3.05, 3.63) is 16.1 Å². The molecule has 0 amide bonds. The molecule has 11 heavy (non-hydrogen) atoms. The summed E-state index contributed by atoms with van der Waals surface area (Å²) in [5.74, 6) is 1.51. The second kappa shape index (κ2) is 2.57. The van der Waals surface area contributed by atoms with E-state index in [1.807, 2.05) is 0 Å². The van der Waals surface area contributed by atoms with Crippen LogP contribution >= 0.6 is 11.3 Å². The van der Waals surface area contributed by atoms with E-state index in [9.17, 15) is 0 Å². The lowest BCUT2D eigenvalue weighted by molar-refractivity contribution is 0.285. The first-order chi connectivity index (χ1) is 5.31. The number of thiazole rings is 1. The van der Waals surface area contributed by atoms with Gasteiger partial charge in [0.2, 0.25) is 0 Å². The van der Waals surface area contributed by atoms with Gasteiger partial charge in [0.15, 0.2) is 0 Å². The van der Waals surface area contributed by atoms with Crippen LogP contribution in [0.5, 0.6) is 0 Å². The van der Waals surface area contributed by atoms with E-state index in [-0.39, 0.29) is 6.61 Å². The minimum absolute atomic E-state index is 0.138. The molecule has 2 unspecified atom stereocenters. The summed E-state index contributed by atoms with van der Waals surface area (Å²) >= 11 is 1.65. The minimum Gasteiger partial charge on any atom is -0.391 e. The van der Waals surface area contributed by atoms with Gasteiger partial charge in [0.25, 0.3) is 0 Å². The number of hydrogen-bond donors (Lipinski definition) is 1. The number of aromatic nitrogens is 1. The van der Waals surface area contributed by atoms with Crippen LogP contribution in [0.3, 0.4) is 0 Å². The van der Waals surface area contributed by atoms with Crippen LogP contribution in [-0.2, 0) is 6.61 Å². The fourth-order valence-electron chi connectivity index (χ4n) is 1.23. The molecule has 1 fully saturated rings. The van der Waals surface area contributed by atoms with Crippen molar-refractivity contribution in [2.75, 3.05) is 0 Å². The van der Waals surface area contributed by atoms with E-state index >= 15 is 0 Å². The predicted octanol–water partition coefficient (Wildman–Crippen LogP) is 1.76. The third kappa shape index (κ3) is 1.30. The molecule has 0 spiro atoms. The average molecular weight is 169 g/mol. The van der Waals surface area contributed by atoms with Crippen molar-refractivity contribution in [2.24, 2.45) is 5.92 Å². The number of aliphatic hydroxyl groups is 1. The molecule has 1 heterocycles. The Bertz CT molecular complexity index is 258. The van der Waals surface area contributed by atoms with Gasteiger partial charge in [-0.2, -0.15) is 0 Å². The third-order valence-corrected chi connectivity index (χ3v) is 3.27. The quantitative estimate of drug-likeness (QED) is 0.731. The fraction of sp³-hybridized carbons (Fsp3) is 0.625. The van der Waals surface area contributed by atoms with Gasteiger partial charge in [0.1, 0.15) is 0 Å². The number of aliphatic hydroxyl groups excluding tert-OH is 1. The molecule has 0 radical (unpaired) electrons. The first-order valence-electron chi connectivity index (χ1n) is 3.86. The van der Waals surface area contributed by atoms with E-state index in [4.69, 9.17) is 5.11 Å². The molecule has 1 aliphatic carbocycles. The van der Waals surface area contributed by atoms with E-state index in [0.717, 1.165) is 10.8 Å². The van der Waals surface area contributed by atoms with Gasteiger partial charge in [-0.1, -0.05) is 6.92 Å². The van der Waals surface area contributed by atoms with Gasteiger partial charge in [0, 0.05) is 12.1 Å². The molecule has 1 N–H and O–H groups in total. The minimum atomic E-state index is 0.138. The molecule has 1 saturated carbocycles. The van der Waals surface area contributed by atoms with Crippen molar-refractivity contribution in [3.63, 3.8) is 0 Å². The summed E-state index contributed by atoms with van der Waals surface area (Å²) in [5, 5.41) is 10.00. The highest BCUT2D eigenvalue weighted by Gasteiger charge is 2.36. The Morgan fingerprint density at radius 3 is 3.00 bits per heavy atom. The summed E-state index contributed by atoms with van der Waals surface area (Å²) < 4.78 is 0. The Hall–Kier alpha value is -0.410. The zero-order chi connectivity index (χ0) is 7.84. The molecule has 0 bridgehead atoms. The van der Waals surface area contributed by atoms with Gasteiger partial charge >= 0.3 is 0 Å². The molecule has 2 rings (SSSR count). The van der Waals surface area contributed by atoms with E-state index in [2.05, 4.69) is 11.9 Å². The van der Waals surface area contributed by atoms with Crippen molar-refractivity contribution in [3.8, 4) is 0 Å². The monoisotopic (exact) mass is 169 g/mol. The molecule has 60 valence electrons. The molecule has 2 nitrogen and oxygen atoms in total. The lowest BCUT2D eigenvalue weighted by Gasteiger charge is -1.86. The molecule has 0 saturated heterocycles. The Kier molecular flexibility index (Phi) is 1.69.